The Kier molecular flexibility index (Phi) is 8.21. The largest absolute Gasteiger partial charge is 0.573 e. The maximum atomic E-state index is 13.2. The third-order valence-corrected chi connectivity index (χ3v) is 7.84. The second-order valence-corrected chi connectivity index (χ2v) is 10.9. The number of carboxylic acids is 1. The second-order valence-electron chi connectivity index (χ2n) is 10.9. The van der Waals surface area contributed by atoms with Crippen LogP contribution in [0, 0.1) is 11.8 Å². The van der Waals surface area contributed by atoms with Crippen LogP contribution in [0.4, 0.5) is 13.2 Å². The van der Waals surface area contributed by atoms with Crippen molar-refractivity contribution in [2.45, 2.75) is 84.1 Å². The molecule has 0 unspecified atom stereocenters. The van der Waals surface area contributed by atoms with E-state index in [1.807, 2.05) is 13.0 Å². The molecule has 0 atom stereocenters. The van der Waals surface area contributed by atoms with Gasteiger partial charge in [0.25, 0.3) is 0 Å². The molecular weight excluding hydrogens is 485 g/mol. The van der Waals surface area contributed by atoms with Gasteiger partial charge < -0.3 is 19.6 Å². The summed E-state index contributed by atoms with van der Waals surface area (Å²) in [6, 6.07) is 0. The predicted molar refractivity (Wildman–Crippen MR) is 135 cm³/mol. The summed E-state index contributed by atoms with van der Waals surface area (Å²) in [6.07, 6.45) is 7.35. The van der Waals surface area contributed by atoms with E-state index in [1.165, 1.54) is 0 Å². The molecule has 2 aliphatic heterocycles. The minimum atomic E-state index is -4.68. The number of hydrogen-bond acceptors (Lipinski definition) is 5. The monoisotopic (exact) mass is 522 g/mol. The molecule has 1 saturated heterocycles. The van der Waals surface area contributed by atoms with E-state index in [1.54, 1.807) is 26.0 Å². The molecule has 4 rings (SSSR count). The van der Waals surface area contributed by atoms with Crippen molar-refractivity contribution in [3.8, 4) is 0 Å². The number of likely N-dealkylation sites (tertiary alicyclic amines) is 1. The molecular formula is C28H37F3N2O4. The van der Waals surface area contributed by atoms with Gasteiger partial charge in [-0.1, -0.05) is 23.4 Å². The molecule has 4 aliphatic rings. The van der Waals surface area contributed by atoms with Crippen LogP contribution in [0.1, 0.15) is 72.1 Å². The van der Waals surface area contributed by atoms with Crippen molar-refractivity contribution >= 4 is 11.7 Å². The van der Waals surface area contributed by atoms with Crippen molar-refractivity contribution in [3.63, 3.8) is 0 Å². The fraction of sp³-hybridized carbons (Fsp3) is 0.643. The van der Waals surface area contributed by atoms with Gasteiger partial charge in [-0.25, -0.2) is 4.79 Å². The van der Waals surface area contributed by atoms with E-state index in [-0.39, 0.29) is 28.8 Å². The van der Waals surface area contributed by atoms with Gasteiger partial charge in [-0.3, -0.25) is 0 Å². The van der Waals surface area contributed by atoms with Gasteiger partial charge in [-0.15, -0.1) is 13.2 Å². The Morgan fingerprint density at radius 1 is 1.14 bits per heavy atom. The van der Waals surface area contributed by atoms with Gasteiger partial charge in [-0.2, -0.15) is 0 Å². The van der Waals surface area contributed by atoms with E-state index in [0.717, 1.165) is 80.6 Å². The number of rotatable bonds is 10. The highest BCUT2D eigenvalue weighted by Gasteiger charge is 2.42. The topological polar surface area (TPSA) is 71.4 Å². The number of carbonyl (C=O) groups is 1. The highest BCUT2D eigenvalue weighted by Crippen LogP contribution is 2.47. The van der Waals surface area contributed by atoms with Crippen molar-refractivity contribution in [1.82, 2.24) is 4.90 Å². The van der Waals surface area contributed by atoms with Gasteiger partial charge in [0.15, 0.2) is 0 Å². The zero-order chi connectivity index (χ0) is 26.8. The highest BCUT2D eigenvalue weighted by molar-refractivity contribution is 6.01. The van der Waals surface area contributed by atoms with E-state index >= 15 is 0 Å². The Bertz CT molecular complexity index is 1040. The average Bonchev–Trinajstić information content (AvgIpc) is 3.77. The van der Waals surface area contributed by atoms with Gasteiger partial charge in [0, 0.05) is 44.5 Å². The maximum Gasteiger partial charge on any atom is 0.573 e. The Morgan fingerprint density at radius 2 is 1.78 bits per heavy atom. The minimum absolute atomic E-state index is 0.0657. The van der Waals surface area contributed by atoms with Crippen LogP contribution in [0.3, 0.4) is 0 Å². The summed E-state index contributed by atoms with van der Waals surface area (Å²) in [6.45, 7) is 7.69. The van der Waals surface area contributed by atoms with Crippen LogP contribution in [-0.2, 0) is 14.4 Å². The van der Waals surface area contributed by atoms with Gasteiger partial charge in [0.05, 0.1) is 5.71 Å². The van der Waals surface area contributed by atoms with E-state index in [4.69, 9.17) is 9.94 Å². The Hall–Kier alpha value is -2.55. The molecule has 0 aromatic heterocycles. The van der Waals surface area contributed by atoms with Crippen LogP contribution in [-0.4, -0.2) is 53.3 Å². The van der Waals surface area contributed by atoms with Crippen LogP contribution in [0.25, 0.3) is 0 Å². The molecule has 0 bridgehead atoms. The Morgan fingerprint density at radius 3 is 2.35 bits per heavy atom. The van der Waals surface area contributed by atoms with Crippen molar-refractivity contribution in [3.05, 3.63) is 46.3 Å². The molecule has 0 amide bonds. The lowest BCUT2D eigenvalue weighted by atomic mass is 9.85. The van der Waals surface area contributed by atoms with Crippen molar-refractivity contribution < 1.29 is 32.6 Å². The second kappa shape index (κ2) is 11.1. The van der Waals surface area contributed by atoms with Gasteiger partial charge in [0.2, 0.25) is 0 Å². The zero-order valence-corrected chi connectivity index (χ0v) is 21.9. The molecule has 3 fully saturated rings. The van der Waals surface area contributed by atoms with Crippen LogP contribution < -0.4 is 0 Å². The maximum absolute atomic E-state index is 13.2. The number of ether oxygens (including phenoxy) is 1. The number of allylic oxidation sites excluding steroid dienone is 5. The first kappa shape index (κ1) is 27.5. The lowest BCUT2D eigenvalue weighted by Crippen LogP contribution is -2.44. The predicted octanol–water partition coefficient (Wildman–Crippen LogP) is 6.52. The van der Waals surface area contributed by atoms with Gasteiger partial charge >= 0.3 is 12.3 Å². The average molecular weight is 523 g/mol. The van der Waals surface area contributed by atoms with E-state index < -0.39 is 12.3 Å². The molecule has 1 spiro atoms. The first-order chi connectivity index (χ1) is 17.5. The summed E-state index contributed by atoms with van der Waals surface area (Å²) in [5.74, 6) is -0.499. The summed E-state index contributed by atoms with van der Waals surface area (Å²) in [5.41, 5.74) is 3.14. The van der Waals surface area contributed by atoms with Crippen molar-refractivity contribution in [1.29, 1.82) is 0 Å². The van der Waals surface area contributed by atoms with Crippen LogP contribution in [0.2, 0.25) is 0 Å². The molecule has 0 radical (unpaired) electrons. The summed E-state index contributed by atoms with van der Waals surface area (Å²) in [4.78, 5) is 19.2. The van der Waals surface area contributed by atoms with Crippen LogP contribution >= 0.6 is 0 Å². The number of halogens is 3. The normalized spacial score (nSPS) is 24.1. The number of piperidine rings is 1. The number of aliphatic carboxylic acids is 1. The first-order valence-corrected chi connectivity index (χ1v) is 13.2. The molecule has 0 aromatic rings. The third kappa shape index (κ3) is 7.49. The molecule has 9 heteroatoms. The summed E-state index contributed by atoms with van der Waals surface area (Å²) < 4.78 is 44.2. The number of hydrogen-bond donors (Lipinski definition) is 1. The molecule has 6 nitrogen and oxygen atoms in total. The third-order valence-electron chi connectivity index (χ3n) is 7.84. The van der Waals surface area contributed by atoms with Gasteiger partial charge in [0.1, 0.15) is 11.4 Å². The lowest BCUT2D eigenvalue weighted by molar-refractivity contribution is -0.304. The quantitative estimate of drug-likeness (QED) is 0.201. The Labute approximate surface area is 216 Å². The summed E-state index contributed by atoms with van der Waals surface area (Å²) in [5, 5.41) is 13.3. The standard InChI is InChI=1S/C28H37F3N2O4/c1-18(6-7-19(2)26(34)35)24-17-27(37-32-24)12-15-33(16-13-27)14-4-5-23(22-10-11-22)25(36-28(29,30)31)20(3)21-8-9-21/h5-7,21-22H,4,8-17H2,1-3H3,(H,34,35)/b18-6+,19-7+,23-5-,25-20-. The zero-order valence-electron chi connectivity index (χ0n) is 21.9. The summed E-state index contributed by atoms with van der Waals surface area (Å²) in [7, 11) is 0. The van der Waals surface area contributed by atoms with Crippen LogP contribution in [0.5, 0.6) is 0 Å². The Balaban J connectivity index is 1.31. The fourth-order valence-corrected chi connectivity index (χ4v) is 5.03. The molecule has 37 heavy (non-hydrogen) atoms. The minimum Gasteiger partial charge on any atom is -0.478 e. The number of oxime groups is 1. The molecule has 204 valence electrons. The molecule has 1 N–H and O–H groups in total. The number of nitrogens with zero attached hydrogens (tertiary/aromatic N) is 2. The SMILES string of the molecule is C/C(=C(OC(F)(F)F)\C(=C/CCN1CCC2(CC1)CC(/C(C)=C/C=C(\C)C(=O)O)=NO2)C1CC1)C1CC1. The fourth-order valence-electron chi connectivity index (χ4n) is 5.03. The molecule has 2 heterocycles. The molecule has 2 aliphatic carbocycles. The lowest BCUT2D eigenvalue weighted by Gasteiger charge is -2.37. The molecule has 2 saturated carbocycles. The highest BCUT2D eigenvalue weighted by atomic mass is 19.4. The van der Waals surface area contributed by atoms with Crippen molar-refractivity contribution in [2.24, 2.45) is 17.0 Å². The number of carboxylic acid groups (broad SMARTS) is 1. The van der Waals surface area contributed by atoms with E-state index in [9.17, 15) is 18.0 Å². The first-order valence-electron chi connectivity index (χ1n) is 13.2. The molecule has 0 aromatic carbocycles. The van der Waals surface area contributed by atoms with Crippen LogP contribution in [0.15, 0.2) is 51.4 Å². The van der Waals surface area contributed by atoms with Gasteiger partial charge in [-0.05, 0) is 81.4 Å². The summed E-state index contributed by atoms with van der Waals surface area (Å²) >= 11 is 0. The van der Waals surface area contributed by atoms with E-state index in [2.05, 4.69) is 14.8 Å². The van der Waals surface area contributed by atoms with E-state index in [0.29, 0.717) is 12.8 Å². The number of alkyl halides is 3. The smallest absolute Gasteiger partial charge is 0.478 e. The van der Waals surface area contributed by atoms with Crippen molar-refractivity contribution in [2.75, 3.05) is 19.6 Å².